The summed E-state index contributed by atoms with van der Waals surface area (Å²) in [7, 11) is 0. The molecule has 0 radical (unpaired) electrons. The van der Waals surface area contributed by atoms with Gasteiger partial charge in [-0.15, -0.1) is 0 Å². The molecule has 0 amide bonds. The third kappa shape index (κ3) is 9.27. The predicted octanol–water partition coefficient (Wildman–Crippen LogP) is 22.3. The van der Waals surface area contributed by atoms with E-state index in [1.807, 2.05) is 0 Å². The van der Waals surface area contributed by atoms with Crippen LogP contribution in [0.15, 0.2) is 283 Å². The molecule has 15 rings (SSSR count). The third-order valence-electron chi connectivity index (χ3n) is 16.3. The Labute approximate surface area is 474 Å². The highest BCUT2D eigenvalue weighted by Gasteiger charge is 2.25. The lowest BCUT2D eigenvalue weighted by atomic mass is 9.91. The molecule has 388 valence electrons. The average Bonchev–Trinajstić information content (AvgIpc) is 4.13. The van der Waals surface area contributed by atoms with Crippen LogP contribution in [-0.4, -0.2) is 4.57 Å². The molecule has 81 heavy (non-hydrogen) atoms. The van der Waals surface area contributed by atoms with Gasteiger partial charge < -0.3 is 13.9 Å². The van der Waals surface area contributed by atoms with E-state index < -0.39 is 0 Å². The quantitative estimate of drug-likeness (QED) is 0.136. The summed E-state index contributed by atoms with van der Waals surface area (Å²) in [5, 5.41) is 4.62. The van der Waals surface area contributed by atoms with Crippen LogP contribution in [0.4, 0.5) is 17.1 Å². The van der Waals surface area contributed by atoms with Gasteiger partial charge >= 0.3 is 0 Å². The molecule has 12 aromatic carbocycles. The van der Waals surface area contributed by atoms with Crippen LogP contribution in [0.25, 0.3) is 116 Å². The van der Waals surface area contributed by atoms with E-state index in [1.165, 1.54) is 103 Å². The van der Waals surface area contributed by atoms with Crippen LogP contribution < -0.4 is 4.90 Å². The molecule has 0 aliphatic carbocycles. The van der Waals surface area contributed by atoms with Gasteiger partial charge in [-0.1, -0.05) is 209 Å². The number of benzene rings is 12. The summed E-state index contributed by atoms with van der Waals surface area (Å²) in [4.78, 5) is 2.41. The second-order valence-electron chi connectivity index (χ2n) is 21.4. The molecular formula is C78H60N2O. The van der Waals surface area contributed by atoms with Crippen LogP contribution in [0.5, 0.6) is 0 Å². The smallest absolute Gasteiger partial charge is 0.143 e. The van der Waals surface area contributed by atoms with E-state index in [0.29, 0.717) is 0 Å². The molecule has 0 saturated carbocycles. The molecule has 0 bridgehead atoms. The van der Waals surface area contributed by atoms with Gasteiger partial charge in [-0.05, 0) is 175 Å². The maximum Gasteiger partial charge on any atom is 0.143 e. The fraction of sp³-hybridized carbons (Fsp3) is 0.0769. The van der Waals surface area contributed by atoms with Crippen molar-refractivity contribution in [2.45, 2.75) is 39.5 Å². The van der Waals surface area contributed by atoms with Gasteiger partial charge in [-0.2, -0.15) is 0 Å². The second kappa shape index (κ2) is 21.4. The van der Waals surface area contributed by atoms with Crippen molar-refractivity contribution in [1.29, 1.82) is 0 Å². The summed E-state index contributed by atoms with van der Waals surface area (Å²) >= 11 is 0. The molecule has 0 fully saturated rings. The van der Waals surface area contributed by atoms with E-state index in [4.69, 9.17) is 4.42 Å². The Bertz CT molecular complexity index is 4600. The summed E-state index contributed by atoms with van der Waals surface area (Å²) in [5.41, 5.74) is 25.5. The summed E-state index contributed by atoms with van der Waals surface area (Å²) < 4.78 is 9.22. The Balaban J connectivity index is 0.00000113. The second-order valence-corrected chi connectivity index (χ2v) is 21.4. The number of anilines is 3. The van der Waals surface area contributed by atoms with Gasteiger partial charge in [0.2, 0.25) is 0 Å². The standard InChI is InChI=1S/C73H48N2O.C5H12/c1-4-17-48(18-5-1)49-20-14-21-50(39-49)51-22-15-23-52(40-51)53-24-16-25-57(41-53)64-46-59(47-67-63-30-11-13-32-72(63)76-73(64)67)56-35-38-71-66(45-56)65-44-55(34-37-70(65)75(71)62-28-8-3-9-29-62)54-33-36-69-60(42-54)43-58-19-10-12-31-68(58)74(69)61-26-6-2-7-27-61;1-3-5-4-2/h1-42,44-47H,43H2;3-5H2,1-2H3. The monoisotopic (exact) mass is 1040 g/mol. The van der Waals surface area contributed by atoms with Crippen LogP contribution >= 0.6 is 0 Å². The van der Waals surface area contributed by atoms with Gasteiger partial charge in [0.1, 0.15) is 11.2 Å². The van der Waals surface area contributed by atoms with Crippen LogP contribution in [0.1, 0.15) is 44.2 Å². The molecule has 14 aromatic rings. The molecule has 3 heteroatoms. The summed E-state index contributed by atoms with van der Waals surface area (Å²) in [6, 6.07) is 102. The molecule has 0 saturated heterocycles. The van der Waals surface area contributed by atoms with E-state index in [9.17, 15) is 0 Å². The molecule has 2 aromatic heterocycles. The van der Waals surface area contributed by atoms with Gasteiger partial charge in [0.05, 0.1) is 11.0 Å². The van der Waals surface area contributed by atoms with Gasteiger partial charge in [-0.25, -0.2) is 0 Å². The molecule has 1 aliphatic rings. The fourth-order valence-electron chi connectivity index (χ4n) is 12.2. The normalized spacial score (nSPS) is 11.9. The highest BCUT2D eigenvalue weighted by molar-refractivity contribution is 6.14. The van der Waals surface area contributed by atoms with Crippen molar-refractivity contribution in [3.8, 4) is 72.4 Å². The fourth-order valence-corrected chi connectivity index (χ4v) is 12.2. The first-order valence-electron chi connectivity index (χ1n) is 28.6. The first-order valence-corrected chi connectivity index (χ1v) is 28.6. The number of para-hydroxylation sites is 4. The Morgan fingerprint density at radius 3 is 1.43 bits per heavy atom. The van der Waals surface area contributed by atoms with E-state index in [2.05, 4.69) is 302 Å². The summed E-state index contributed by atoms with van der Waals surface area (Å²) in [6.45, 7) is 4.42. The van der Waals surface area contributed by atoms with Crippen LogP contribution in [0.2, 0.25) is 0 Å². The van der Waals surface area contributed by atoms with E-state index in [-0.39, 0.29) is 0 Å². The Morgan fingerprint density at radius 2 is 0.790 bits per heavy atom. The minimum Gasteiger partial charge on any atom is -0.455 e. The maximum absolute atomic E-state index is 6.81. The van der Waals surface area contributed by atoms with Crippen LogP contribution in [0.3, 0.4) is 0 Å². The molecule has 3 nitrogen and oxygen atoms in total. The zero-order valence-corrected chi connectivity index (χ0v) is 45.7. The SMILES string of the molecule is CCCCC.c1ccc(-c2cccc(-c3cccc(-c4cccc(-c5cc(-c6ccc7c(c6)c6cc(-c8ccc9c(c8)Cc8ccccc8N9c8ccccc8)ccc6n7-c6ccccc6)cc6c5oc5ccccc56)c4)c3)c2)cc1. The van der Waals surface area contributed by atoms with Gasteiger partial charge in [0.15, 0.2) is 0 Å². The Morgan fingerprint density at radius 1 is 0.321 bits per heavy atom. The molecule has 0 atom stereocenters. The molecule has 0 spiro atoms. The van der Waals surface area contributed by atoms with Crippen molar-refractivity contribution < 1.29 is 4.42 Å². The maximum atomic E-state index is 6.81. The highest BCUT2D eigenvalue weighted by atomic mass is 16.3. The Hall–Kier alpha value is -9.96. The number of aromatic nitrogens is 1. The first-order chi connectivity index (χ1) is 40.1. The predicted molar refractivity (Wildman–Crippen MR) is 343 cm³/mol. The number of nitrogens with zero attached hydrogens (tertiary/aromatic N) is 2. The summed E-state index contributed by atoms with van der Waals surface area (Å²) in [6.07, 6.45) is 4.95. The largest absolute Gasteiger partial charge is 0.455 e. The summed E-state index contributed by atoms with van der Waals surface area (Å²) in [5.74, 6) is 0. The molecular weight excluding hydrogens is 981 g/mol. The van der Waals surface area contributed by atoms with E-state index in [1.54, 1.807) is 0 Å². The van der Waals surface area contributed by atoms with Crippen molar-refractivity contribution in [3.63, 3.8) is 0 Å². The van der Waals surface area contributed by atoms with Gasteiger partial charge in [-0.3, -0.25) is 0 Å². The topological polar surface area (TPSA) is 21.3 Å². The van der Waals surface area contributed by atoms with E-state index in [0.717, 1.165) is 67.4 Å². The number of unbranched alkanes of at least 4 members (excludes halogenated alkanes) is 2. The Kier molecular flexibility index (Phi) is 13.0. The number of rotatable bonds is 10. The molecule has 3 heterocycles. The number of furan rings is 1. The lowest BCUT2D eigenvalue weighted by molar-refractivity contribution is 0.670. The minimum atomic E-state index is 0.877. The van der Waals surface area contributed by atoms with Crippen LogP contribution in [0, 0.1) is 0 Å². The first kappa shape index (κ1) is 49.3. The van der Waals surface area contributed by atoms with Crippen molar-refractivity contribution in [3.05, 3.63) is 290 Å². The van der Waals surface area contributed by atoms with Crippen molar-refractivity contribution in [1.82, 2.24) is 4.57 Å². The van der Waals surface area contributed by atoms with Crippen LogP contribution in [-0.2, 0) is 6.42 Å². The van der Waals surface area contributed by atoms with Gasteiger partial charge in [0, 0.05) is 56.3 Å². The average molecular weight is 1040 g/mol. The van der Waals surface area contributed by atoms with Crippen molar-refractivity contribution in [2.24, 2.45) is 0 Å². The number of hydrogen-bond donors (Lipinski definition) is 0. The number of hydrogen-bond acceptors (Lipinski definition) is 2. The molecule has 1 aliphatic heterocycles. The molecule has 0 N–H and O–H groups in total. The zero-order valence-electron chi connectivity index (χ0n) is 45.7. The van der Waals surface area contributed by atoms with Gasteiger partial charge in [0.25, 0.3) is 0 Å². The lowest BCUT2D eigenvalue weighted by Gasteiger charge is -2.33. The third-order valence-corrected chi connectivity index (χ3v) is 16.3. The highest BCUT2D eigenvalue weighted by Crippen LogP contribution is 2.47. The molecule has 0 unspecified atom stereocenters. The minimum absolute atomic E-state index is 0.877. The number of fused-ring (bicyclic) bond motifs is 8. The van der Waals surface area contributed by atoms with Crippen molar-refractivity contribution >= 4 is 60.8 Å². The lowest BCUT2D eigenvalue weighted by Crippen LogP contribution is -2.18. The van der Waals surface area contributed by atoms with E-state index >= 15 is 0 Å². The van der Waals surface area contributed by atoms with Crippen molar-refractivity contribution in [2.75, 3.05) is 4.90 Å². The zero-order chi connectivity index (χ0) is 54.2.